The van der Waals surface area contributed by atoms with E-state index in [9.17, 15) is 4.79 Å². The third kappa shape index (κ3) is 5.31. The summed E-state index contributed by atoms with van der Waals surface area (Å²) in [5, 5.41) is 8.19. The molecule has 0 aromatic heterocycles. The molecule has 60 valence electrons. The van der Waals surface area contributed by atoms with Crippen molar-refractivity contribution in [3.05, 3.63) is 12.2 Å². The molecule has 3 heteroatoms. The molecule has 0 saturated heterocycles. The molecule has 0 atom stereocenters. The Morgan fingerprint density at radius 2 is 2.20 bits per heavy atom. The lowest BCUT2D eigenvalue weighted by Crippen LogP contribution is -2.08. The smallest absolute Gasteiger partial charge is 0.333 e. The summed E-state index contributed by atoms with van der Waals surface area (Å²) >= 11 is 0. The lowest BCUT2D eigenvalue weighted by Gasteiger charge is -1.99. The Balaban J connectivity index is 0. The molecular formula is C7H14O3. The van der Waals surface area contributed by atoms with Crippen molar-refractivity contribution in [3.8, 4) is 0 Å². The van der Waals surface area contributed by atoms with Crippen LogP contribution in [0.5, 0.6) is 0 Å². The molecule has 0 unspecified atom stereocenters. The van der Waals surface area contributed by atoms with Gasteiger partial charge in [-0.1, -0.05) is 14.0 Å². The number of rotatable bonds is 3. The van der Waals surface area contributed by atoms with Gasteiger partial charge in [0.05, 0.1) is 6.61 Å². The van der Waals surface area contributed by atoms with Crippen LogP contribution in [0.4, 0.5) is 0 Å². The van der Waals surface area contributed by atoms with Gasteiger partial charge in [-0.15, -0.1) is 0 Å². The topological polar surface area (TPSA) is 46.5 Å². The average molecular weight is 146 g/mol. The monoisotopic (exact) mass is 146 g/mol. The van der Waals surface area contributed by atoms with Gasteiger partial charge in [0.15, 0.2) is 0 Å². The van der Waals surface area contributed by atoms with Gasteiger partial charge in [0.2, 0.25) is 0 Å². The molecule has 0 aliphatic carbocycles. The van der Waals surface area contributed by atoms with Crippen LogP contribution in [0.1, 0.15) is 14.4 Å². The SMILES string of the molecule is C.C=C(C)C(=O)OCCO. The van der Waals surface area contributed by atoms with Gasteiger partial charge in [-0.3, -0.25) is 0 Å². The molecule has 0 radical (unpaired) electrons. The Morgan fingerprint density at radius 3 is 2.50 bits per heavy atom. The minimum absolute atomic E-state index is 0. The van der Waals surface area contributed by atoms with E-state index in [1.54, 1.807) is 6.92 Å². The molecule has 0 aromatic carbocycles. The molecule has 3 nitrogen and oxygen atoms in total. The third-order valence-electron chi connectivity index (χ3n) is 0.673. The fourth-order valence-corrected chi connectivity index (χ4v) is 0.262. The quantitative estimate of drug-likeness (QED) is 0.471. The van der Waals surface area contributed by atoms with E-state index in [-0.39, 0.29) is 20.6 Å². The van der Waals surface area contributed by atoms with Crippen molar-refractivity contribution < 1.29 is 14.6 Å². The maximum atomic E-state index is 10.5. The molecule has 0 spiro atoms. The van der Waals surface area contributed by atoms with Crippen molar-refractivity contribution in [2.75, 3.05) is 13.2 Å². The van der Waals surface area contributed by atoms with Crippen LogP contribution in [-0.4, -0.2) is 24.3 Å². The fraction of sp³-hybridized carbons (Fsp3) is 0.571. The Morgan fingerprint density at radius 1 is 1.70 bits per heavy atom. The standard InChI is InChI=1S/C6H10O3.CH4/c1-5(2)6(8)9-4-3-7;/h7H,1,3-4H2,2H3;1H4. The van der Waals surface area contributed by atoms with Crippen LogP contribution in [0.15, 0.2) is 12.2 Å². The van der Waals surface area contributed by atoms with E-state index in [1.807, 2.05) is 0 Å². The third-order valence-corrected chi connectivity index (χ3v) is 0.673. The number of hydrogen-bond acceptors (Lipinski definition) is 3. The van der Waals surface area contributed by atoms with Crippen molar-refractivity contribution in [2.45, 2.75) is 14.4 Å². The highest BCUT2D eigenvalue weighted by molar-refractivity contribution is 5.86. The number of carbonyl (C=O) groups is 1. The van der Waals surface area contributed by atoms with E-state index in [4.69, 9.17) is 5.11 Å². The number of carbonyl (C=O) groups excluding carboxylic acids is 1. The van der Waals surface area contributed by atoms with Gasteiger partial charge in [0.25, 0.3) is 0 Å². The molecule has 0 heterocycles. The molecule has 0 aliphatic rings. The maximum absolute atomic E-state index is 10.5. The van der Waals surface area contributed by atoms with E-state index in [2.05, 4.69) is 11.3 Å². The van der Waals surface area contributed by atoms with Gasteiger partial charge >= 0.3 is 5.97 Å². The summed E-state index contributed by atoms with van der Waals surface area (Å²) in [4.78, 5) is 10.5. The maximum Gasteiger partial charge on any atom is 0.333 e. The normalized spacial score (nSPS) is 7.80. The van der Waals surface area contributed by atoms with Crippen LogP contribution in [-0.2, 0) is 9.53 Å². The van der Waals surface area contributed by atoms with Gasteiger partial charge in [-0.2, -0.15) is 0 Å². The molecule has 0 amide bonds. The van der Waals surface area contributed by atoms with Crippen LogP contribution in [0, 0.1) is 0 Å². The van der Waals surface area contributed by atoms with Crippen LogP contribution in [0.3, 0.4) is 0 Å². The summed E-state index contributed by atoms with van der Waals surface area (Å²) in [6, 6.07) is 0. The van der Waals surface area contributed by atoms with Crippen molar-refractivity contribution >= 4 is 5.97 Å². The first-order valence-corrected chi connectivity index (χ1v) is 2.62. The Hall–Kier alpha value is -0.830. The summed E-state index contributed by atoms with van der Waals surface area (Å²) < 4.78 is 4.46. The van der Waals surface area contributed by atoms with Crippen LogP contribution >= 0.6 is 0 Å². The summed E-state index contributed by atoms with van der Waals surface area (Å²) in [5.41, 5.74) is 0.350. The molecule has 0 fully saturated rings. The zero-order valence-corrected chi connectivity index (χ0v) is 5.39. The Bertz CT molecular complexity index is 118. The second kappa shape index (κ2) is 6.29. The zero-order chi connectivity index (χ0) is 7.28. The van der Waals surface area contributed by atoms with E-state index >= 15 is 0 Å². The molecule has 0 aromatic rings. The van der Waals surface area contributed by atoms with E-state index in [0.717, 1.165) is 0 Å². The highest BCUT2D eigenvalue weighted by Crippen LogP contribution is 1.89. The van der Waals surface area contributed by atoms with Crippen molar-refractivity contribution in [2.24, 2.45) is 0 Å². The number of ether oxygens (including phenoxy) is 1. The lowest BCUT2D eigenvalue weighted by molar-refractivity contribution is -0.139. The zero-order valence-electron chi connectivity index (χ0n) is 5.39. The van der Waals surface area contributed by atoms with Crippen molar-refractivity contribution in [1.82, 2.24) is 0 Å². The van der Waals surface area contributed by atoms with Crippen LogP contribution < -0.4 is 0 Å². The summed E-state index contributed by atoms with van der Waals surface area (Å²) in [6.45, 7) is 4.81. The molecule has 0 bridgehead atoms. The number of esters is 1. The molecular weight excluding hydrogens is 132 g/mol. The van der Waals surface area contributed by atoms with E-state index in [1.165, 1.54) is 0 Å². The van der Waals surface area contributed by atoms with Crippen LogP contribution in [0.2, 0.25) is 0 Å². The minimum atomic E-state index is -0.455. The largest absolute Gasteiger partial charge is 0.460 e. The molecule has 0 aliphatic heterocycles. The van der Waals surface area contributed by atoms with Crippen molar-refractivity contribution in [1.29, 1.82) is 0 Å². The summed E-state index contributed by atoms with van der Waals surface area (Å²) in [5.74, 6) is -0.455. The molecule has 0 rings (SSSR count). The summed E-state index contributed by atoms with van der Waals surface area (Å²) in [7, 11) is 0. The lowest BCUT2D eigenvalue weighted by atomic mass is 10.4. The van der Waals surface area contributed by atoms with Gasteiger partial charge in [-0.05, 0) is 6.92 Å². The second-order valence-electron chi connectivity index (χ2n) is 1.64. The first kappa shape index (κ1) is 11.9. The van der Waals surface area contributed by atoms with Gasteiger partial charge in [-0.25, -0.2) is 4.79 Å². The molecule has 0 saturated carbocycles. The van der Waals surface area contributed by atoms with E-state index in [0.29, 0.717) is 5.57 Å². The first-order chi connectivity index (χ1) is 4.18. The van der Waals surface area contributed by atoms with Gasteiger partial charge in [0, 0.05) is 5.57 Å². The predicted octanol–water partition coefficient (Wildman–Crippen LogP) is 0.734. The summed E-state index contributed by atoms with van der Waals surface area (Å²) in [6.07, 6.45) is 0. The highest BCUT2D eigenvalue weighted by Gasteiger charge is 1.99. The minimum Gasteiger partial charge on any atom is -0.460 e. The number of aliphatic hydroxyl groups is 1. The predicted molar refractivity (Wildman–Crippen MR) is 39.6 cm³/mol. The average Bonchev–Trinajstić information content (AvgIpc) is 1.82. The van der Waals surface area contributed by atoms with Crippen molar-refractivity contribution in [3.63, 3.8) is 0 Å². The van der Waals surface area contributed by atoms with Crippen LogP contribution in [0.25, 0.3) is 0 Å². The van der Waals surface area contributed by atoms with Gasteiger partial charge < -0.3 is 9.84 Å². The van der Waals surface area contributed by atoms with E-state index < -0.39 is 5.97 Å². The Kier molecular flexibility index (Phi) is 7.49. The fourth-order valence-electron chi connectivity index (χ4n) is 0.262. The molecule has 1 N–H and O–H groups in total. The first-order valence-electron chi connectivity index (χ1n) is 2.62. The van der Waals surface area contributed by atoms with Gasteiger partial charge in [0.1, 0.15) is 6.61 Å². The number of aliphatic hydroxyl groups excluding tert-OH is 1. The molecule has 10 heavy (non-hydrogen) atoms. The second-order valence-corrected chi connectivity index (χ2v) is 1.64. The Labute approximate surface area is 61.3 Å². The number of hydrogen-bond donors (Lipinski definition) is 1. The highest BCUT2D eigenvalue weighted by atomic mass is 16.5.